The Morgan fingerprint density at radius 3 is 2.83 bits per heavy atom. The minimum absolute atomic E-state index is 0.0912. The zero-order valence-electron chi connectivity index (χ0n) is 10.1. The highest BCUT2D eigenvalue weighted by Crippen LogP contribution is 2.43. The first-order valence-electron chi connectivity index (χ1n) is 6.43. The van der Waals surface area contributed by atoms with Crippen LogP contribution in [-0.2, 0) is 4.74 Å². The Morgan fingerprint density at radius 2 is 2.11 bits per heavy atom. The van der Waals surface area contributed by atoms with Gasteiger partial charge < -0.3 is 9.47 Å². The molecule has 3 rings (SSSR count). The normalized spacial score (nSPS) is 25.8. The molecular weight excluding hydrogens is 271 g/mol. The molecule has 98 valence electrons. The van der Waals surface area contributed by atoms with Crippen molar-refractivity contribution in [2.75, 3.05) is 6.61 Å². The number of hydrogen-bond acceptors (Lipinski definition) is 2. The number of ether oxygens (including phenoxy) is 2. The van der Waals surface area contributed by atoms with E-state index in [1.807, 2.05) is 0 Å². The summed E-state index contributed by atoms with van der Waals surface area (Å²) in [4.78, 5) is 0. The van der Waals surface area contributed by atoms with E-state index >= 15 is 0 Å². The van der Waals surface area contributed by atoms with Crippen LogP contribution in [0.15, 0.2) is 18.2 Å². The lowest BCUT2D eigenvalue weighted by Crippen LogP contribution is -2.48. The Morgan fingerprint density at radius 1 is 1.28 bits per heavy atom. The van der Waals surface area contributed by atoms with Crippen molar-refractivity contribution >= 4 is 23.2 Å². The summed E-state index contributed by atoms with van der Waals surface area (Å²) in [5, 5.41) is 1.27. The second-order valence-corrected chi connectivity index (χ2v) is 6.04. The van der Waals surface area contributed by atoms with E-state index in [0.29, 0.717) is 15.8 Å². The standard InChI is InChI=1S/C14H16Cl2O2/c15-10-2-3-12(16)13(8-10)18-11-4-7-17-14(9-11)5-1-6-14/h2-3,8,11H,1,4-7,9H2. The zero-order valence-corrected chi connectivity index (χ0v) is 11.6. The van der Waals surface area contributed by atoms with Crippen molar-refractivity contribution in [3.05, 3.63) is 28.2 Å². The molecule has 2 fully saturated rings. The number of hydrogen-bond donors (Lipinski definition) is 0. The topological polar surface area (TPSA) is 18.5 Å². The molecule has 1 aromatic carbocycles. The summed E-state index contributed by atoms with van der Waals surface area (Å²) >= 11 is 12.1. The van der Waals surface area contributed by atoms with Gasteiger partial charge in [-0.25, -0.2) is 0 Å². The number of rotatable bonds is 2. The Kier molecular flexibility index (Phi) is 3.44. The van der Waals surface area contributed by atoms with E-state index in [-0.39, 0.29) is 11.7 Å². The largest absolute Gasteiger partial charge is 0.489 e. The Balaban J connectivity index is 1.70. The van der Waals surface area contributed by atoms with Gasteiger partial charge in [-0.2, -0.15) is 0 Å². The van der Waals surface area contributed by atoms with Crippen LogP contribution < -0.4 is 4.74 Å². The molecule has 2 nitrogen and oxygen atoms in total. The van der Waals surface area contributed by atoms with Gasteiger partial charge in [0.05, 0.1) is 17.2 Å². The average molecular weight is 287 g/mol. The highest BCUT2D eigenvalue weighted by Gasteiger charge is 2.43. The molecule has 0 radical (unpaired) electrons. The van der Waals surface area contributed by atoms with E-state index in [4.69, 9.17) is 32.7 Å². The van der Waals surface area contributed by atoms with Crippen LogP contribution in [0.25, 0.3) is 0 Å². The van der Waals surface area contributed by atoms with Crippen LogP contribution in [0, 0.1) is 0 Å². The molecule has 1 heterocycles. The maximum atomic E-state index is 6.12. The fraction of sp³-hybridized carbons (Fsp3) is 0.571. The van der Waals surface area contributed by atoms with Crippen molar-refractivity contribution in [2.24, 2.45) is 0 Å². The van der Waals surface area contributed by atoms with Crippen LogP contribution in [0.4, 0.5) is 0 Å². The molecule has 1 saturated heterocycles. The maximum absolute atomic E-state index is 6.12. The fourth-order valence-corrected chi connectivity index (χ4v) is 3.07. The van der Waals surface area contributed by atoms with Crippen LogP contribution in [0.5, 0.6) is 5.75 Å². The summed E-state index contributed by atoms with van der Waals surface area (Å²) < 4.78 is 11.9. The smallest absolute Gasteiger partial charge is 0.139 e. The number of benzene rings is 1. The van der Waals surface area contributed by atoms with Gasteiger partial charge in [0.25, 0.3) is 0 Å². The van der Waals surface area contributed by atoms with Crippen LogP contribution in [0.3, 0.4) is 0 Å². The third kappa shape index (κ3) is 2.47. The second kappa shape index (κ2) is 4.92. The molecule has 4 heteroatoms. The summed E-state index contributed by atoms with van der Waals surface area (Å²) in [6, 6.07) is 5.33. The van der Waals surface area contributed by atoms with Crippen molar-refractivity contribution in [2.45, 2.75) is 43.8 Å². The monoisotopic (exact) mass is 286 g/mol. The average Bonchev–Trinajstić information content (AvgIpc) is 2.32. The molecule has 0 aromatic heterocycles. The van der Waals surface area contributed by atoms with Gasteiger partial charge >= 0.3 is 0 Å². The lowest BCUT2D eigenvalue weighted by atomic mass is 9.74. The predicted octanol–water partition coefficient (Wildman–Crippen LogP) is 4.47. The summed E-state index contributed by atoms with van der Waals surface area (Å²) in [7, 11) is 0. The highest BCUT2D eigenvalue weighted by atomic mass is 35.5. The van der Waals surface area contributed by atoms with E-state index in [0.717, 1.165) is 32.3 Å². The van der Waals surface area contributed by atoms with Crippen LogP contribution in [-0.4, -0.2) is 18.3 Å². The Hall–Kier alpha value is -0.440. The molecule has 1 atom stereocenters. The van der Waals surface area contributed by atoms with E-state index < -0.39 is 0 Å². The van der Waals surface area contributed by atoms with Crippen molar-refractivity contribution < 1.29 is 9.47 Å². The molecule has 18 heavy (non-hydrogen) atoms. The molecule has 1 saturated carbocycles. The van der Waals surface area contributed by atoms with Gasteiger partial charge in [-0.15, -0.1) is 0 Å². The zero-order chi connectivity index (χ0) is 12.6. The highest BCUT2D eigenvalue weighted by molar-refractivity contribution is 6.34. The lowest BCUT2D eigenvalue weighted by Gasteiger charge is -2.46. The molecule has 1 aliphatic carbocycles. The molecule has 2 aliphatic rings. The van der Waals surface area contributed by atoms with Crippen LogP contribution in [0.1, 0.15) is 32.1 Å². The minimum atomic E-state index is 0.0912. The fourth-order valence-electron chi connectivity index (χ4n) is 2.75. The third-order valence-electron chi connectivity index (χ3n) is 3.90. The molecule has 0 amide bonds. The number of halogens is 2. The summed E-state index contributed by atoms with van der Waals surface area (Å²) in [5.74, 6) is 0.686. The molecule has 1 spiro atoms. The van der Waals surface area contributed by atoms with Crippen molar-refractivity contribution in [3.8, 4) is 5.75 Å². The van der Waals surface area contributed by atoms with Crippen LogP contribution in [0.2, 0.25) is 10.0 Å². The quantitative estimate of drug-likeness (QED) is 0.798. The molecular formula is C14H16Cl2O2. The van der Waals surface area contributed by atoms with Crippen LogP contribution >= 0.6 is 23.2 Å². The summed E-state index contributed by atoms with van der Waals surface area (Å²) in [6.45, 7) is 0.781. The SMILES string of the molecule is Clc1ccc(Cl)c(OC2CCOC3(CCC3)C2)c1. The van der Waals surface area contributed by atoms with Gasteiger partial charge in [0, 0.05) is 23.9 Å². The Bertz CT molecular complexity index is 443. The van der Waals surface area contributed by atoms with Gasteiger partial charge in [0.15, 0.2) is 0 Å². The van der Waals surface area contributed by atoms with Gasteiger partial charge in [-0.1, -0.05) is 23.2 Å². The predicted molar refractivity (Wildman–Crippen MR) is 72.6 cm³/mol. The molecule has 1 aromatic rings. The Labute approximate surface area is 117 Å². The molecule has 0 bridgehead atoms. The van der Waals surface area contributed by atoms with E-state index in [1.165, 1.54) is 6.42 Å². The first-order chi connectivity index (χ1) is 8.67. The third-order valence-corrected chi connectivity index (χ3v) is 4.45. The van der Waals surface area contributed by atoms with E-state index in [9.17, 15) is 0 Å². The molecule has 0 N–H and O–H groups in total. The first-order valence-corrected chi connectivity index (χ1v) is 7.18. The van der Waals surface area contributed by atoms with E-state index in [1.54, 1.807) is 18.2 Å². The van der Waals surface area contributed by atoms with Gasteiger partial charge in [-0.05, 0) is 31.4 Å². The summed E-state index contributed by atoms with van der Waals surface area (Å²) in [6.07, 6.45) is 5.67. The summed E-state index contributed by atoms with van der Waals surface area (Å²) in [5.41, 5.74) is 0.0912. The van der Waals surface area contributed by atoms with Crippen molar-refractivity contribution in [3.63, 3.8) is 0 Å². The minimum Gasteiger partial charge on any atom is -0.489 e. The second-order valence-electron chi connectivity index (χ2n) is 5.19. The van der Waals surface area contributed by atoms with Crippen molar-refractivity contribution in [1.29, 1.82) is 0 Å². The van der Waals surface area contributed by atoms with E-state index in [2.05, 4.69) is 0 Å². The molecule has 1 aliphatic heterocycles. The first kappa shape index (κ1) is 12.6. The lowest BCUT2D eigenvalue weighted by molar-refractivity contribution is -0.153. The van der Waals surface area contributed by atoms with Gasteiger partial charge in [-0.3, -0.25) is 0 Å². The van der Waals surface area contributed by atoms with Crippen molar-refractivity contribution in [1.82, 2.24) is 0 Å². The maximum Gasteiger partial charge on any atom is 0.139 e. The van der Waals surface area contributed by atoms with Gasteiger partial charge in [0.1, 0.15) is 11.9 Å². The van der Waals surface area contributed by atoms with Gasteiger partial charge in [0.2, 0.25) is 0 Å². The molecule has 1 unspecified atom stereocenters.